The van der Waals surface area contributed by atoms with E-state index in [2.05, 4.69) is 34.9 Å². The molecule has 4 atom stereocenters. The quantitative estimate of drug-likeness (QED) is 0.883. The van der Waals surface area contributed by atoms with Crippen LogP contribution in [0.5, 0.6) is 0 Å². The molecule has 1 aliphatic heterocycles. The van der Waals surface area contributed by atoms with Gasteiger partial charge in [-0.1, -0.05) is 30.3 Å². The molecule has 0 unspecified atom stereocenters. The number of carbonyl (C=O) groups excluding carboxylic acids is 1. The van der Waals surface area contributed by atoms with Crippen LogP contribution in [0.15, 0.2) is 30.3 Å². The predicted octanol–water partition coefficient (Wildman–Crippen LogP) is 2.90. The van der Waals surface area contributed by atoms with Crippen LogP contribution < -0.4 is 10.6 Å². The van der Waals surface area contributed by atoms with Gasteiger partial charge in [-0.15, -0.1) is 0 Å². The molecule has 0 radical (unpaired) electrons. The zero-order valence-electron chi connectivity index (χ0n) is 13.6. The summed E-state index contributed by atoms with van der Waals surface area (Å²) in [5, 5.41) is 6.66. The third kappa shape index (κ3) is 3.27. The highest BCUT2D eigenvalue weighted by Crippen LogP contribution is 2.44. The number of piperidine rings is 1. The lowest BCUT2D eigenvalue weighted by molar-refractivity contribution is 0.0488. The van der Waals surface area contributed by atoms with Gasteiger partial charge in [-0.2, -0.15) is 0 Å². The van der Waals surface area contributed by atoms with Crippen molar-refractivity contribution in [2.24, 2.45) is 11.8 Å². The Bertz CT molecular complexity index is 524. The van der Waals surface area contributed by atoms with Gasteiger partial charge in [-0.25, -0.2) is 4.79 Å². The molecule has 2 fully saturated rings. The Labute approximate surface area is 132 Å². The molecule has 1 heterocycles. The van der Waals surface area contributed by atoms with Crippen molar-refractivity contribution >= 4 is 6.09 Å². The lowest BCUT2D eigenvalue weighted by atomic mass is 9.86. The molecular weight excluding hydrogens is 276 g/mol. The summed E-state index contributed by atoms with van der Waals surface area (Å²) in [6.07, 6.45) is 0.874. The van der Waals surface area contributed by atoms with Gasteiger partial charge in [-0.3, -0.25) is 0 Å². The van der Waals surface area contributed by atoms with Crippen LogP contribution in [0.4, 0.5) is 4.79 Å². The molecule has 0 spiro atoms. The number of benzene rings is 1. The van der Waals surface area contributed by atoms with E-state index in [1.165, 1.54) is 12.0 Å². The first-order valence-electron chi connectivity index (χ1n) is 8.19. The minimum atomic E-state index is -0.460. The fourth-order valence-corrected chi connectivity index (χ4v) is 3.95. The van der Waals surface area contributed by atoms with Crippen molar-refractivity contribution in [2.45, 2.75) is 44.8 Å². The molecule has 3 rings (SSSR count). The molecule has 120 valence electrons. The van der Waals surface area contributed by atoms with Gasteiger partial charge in [0.1, 0.15) is 5.60 Å². The van der Waals surface area contributed by atoms with Crippen molar-refractivity contribution in [1.82, 2.24) is 10.6 Å². The van der Waals surface area contributed by atoms with Crippen molar-refractivity contribution in [3.05, 3.63) is 35.9 Å². The first-order chi connectivity index (χ1) is 10.4. The summed E-state index contributed by atoms with van der Waals surface area (Å²) in [6.45, 7) is 7.70. The molecular formula is C18H26N2O2. The van der Waals surface area contributed by atoms with Gasteiger partial charge >= 0.3 is 6.09 Å². The fourth-order valence-electron chi connectivity index (χ4n) is 3.95. The topological polar surface area (TPSA) is 50.4 Å². The van der Waals surface area contributed by atoms with Crippen LogP contribution in [0.3, 0.4) is 0 Å². The number of carbonyl (C=O) groups is 1. The highest BCUT2D eigenvalue weighted by molar-refractivity contribution is 5.68. The van der Waals surface area contributed by atoms with Gasteiger partial charge in [-0.05, 0) is 57.7 Å². The van der Waals surface area contributed by atoms with E-state index in [1.807, 2.05) is 26.8 Å². The van der Waals surface area contributed by atoms with Gasteiger partial charge in [0, 0.05) is 12.0 Å². The second-order valence-corrected chi connectivity index (χ2v) is 7.52. The average molecular weight is 302 g/mol. The predicted molar refractivity (Wildman–Crippen MR) is 86.8 cm³/mol. The largest absolute Gasteiger partial charge is 0.444 e. The zero-order valence-corrected chi connectivity index (χ0v) is 13.6. The number of hydrogen-bond donors (Lipinski definition) is 2. The summed E-state index contributed by atoms with van der Waals surface area (Å²) in [5.41, 5.74) is 0.859. The summed E-state index contributed by atoms with van der Waals surface area (Å²) in [4.78, 5) is 12.2. The van der Waals surface area contributed by atoms with Crippen LogP contribution in [0.2, 0.25) is 0 Å². The van der Waals surface area contributed by atoms with E-state index in [0.717, 1.165) is 13.1 Å². The minimum Gasteiger partial charge on any atom is -0.444 e. The summed E-state index contributed by atoms with van der Waals surface area (Å²) in [6, 6.07) is 10.7. The van der Waals surface area contributed by atoms with E-state index in [9.17, 15) is 4.79 Å². The van der Waals surface area contributed by atoms with Crippen LogP contribution in [-0.2, 0) is 4.74 Å². The normalized spacial score (nSPS) is 30.9. The van der Waals surface area contributed by atoms with Crippen molar-refractivity contribution in [3.8, 4) is 0 Å². The van der Waals surface area contributed by atoms with Crippen LogP contribution in [0.25, 0.3) is 0 Å². The number of alkyl carbamates (subject to hydrolysis) is 1. The summed E-state index contributed by atoms with van der Waals surface area (Å²) >= 11 is 0. The monoisotopic (exact) mass is 302 g/mol. The van der Waals surface area contributed by atoms with E-state index in [-0.39, 0.29) is 12.1 Å². The lowest BCUT2D eigenvalue weighted by Crippen LogP contribution is -2.44. The van der Waals surface area contributed by atoms with Crippen molar-refractivity contribution < 1.29 is 9.53 Å². The van der Waals surface area contributed by atoms with Crippen molar-refractivity contribution in [3.63, 3.8) is 0 Å². The molecule has 1 saturated carbocycles. The third-order valence-electron chi connectivity index (χ3n) is 4.69. The van der Waals surface area contributed by atoms with E-state index in [0.29, 0.717) is 17.8 Å². The number of rotatable bonds is 2. The average Bonchev–Trinajstić information content (AvgIpc) is 2.68. The third-order valence-corrected chi connectivity index (χ3v) is 4.69. The molecule has 4 nitrogen and oxygen atoms in total. The first kappa shape index (κ1) is 15.3. The number of amides is 1. The number of nitrogens with one attached hydrogen (secondary N) is 2. The maximum Gasteiger partial charge on any atom is 0.407 e. The number of hydrogen-bond acceptors (Lipinski definition) is 3. The van der Waals surface area contributed by atoms with Gasteiger partial charge in [0.25, 0.3) is 0 Å². The Morgan fingerprint density at radius 2 is 1.86 bits per heavy atom. The molecule has 1 amide bonds. The van der Waals surface area contributed by atoms with Crippen LogP contribution in [0, 0.1) is 11.8 Å². The van der Waals surface area contributed by atoms with Gasteiger partial charge < -0.3 is 15.4 Å². The maximum atomic E-state index is 12.2. The van der Waals surface area contributed by atoms with Gasteiger partial charge in [0.2, 0.25) is 0 Å². The number of fused-ring (bicyclic) bond motifs is 2. The summed E-state index contributed by atoms with van der Waals surface area (Å²) in [5.74, 6) is 1.44. The summed E-state index contributed by atoms with van der Waals surface area (Å²) < 4.78 is 5.46. The Morgan fingerprint density at radius 3 is 2.55 bits per heavy atom. The van der Waals surface area contributed by atoms with E-state index < -0.39 is 5.60 Å². The van der Waals surface area contributed by atoms with Gasteiger partial charge in [0.15, 0.2) is 0 Å². The van der Waals surface area contributed by atoms with Crippen LogP contribution in [-0.4, -0.2) is 30.8 Å². The highest BCUT2D eigenvalue weighted by atomic mass is 16.6. The smallest absolute Gasteiger partial charge is 0.407 e. The van der Waals surface area contributed by atoms with E-state index >= 15 is 0 Å². The molecule has 0 aromatic heterocycles. The summed E-state index contributed by atoms with van der Waals surface area (Å²) in [7, 11) is 0. The molecule has 1 aromatic carbocycles. The minimum absolute atomic E-state index is 0.150. The van der Waals surface area contributed by atoms with Crippen molar-refractivity contribution in [1.29, 1.82) is 0 Å². The zero-order chi connectivity index (χ0) is 15.7. The fraction of sp³-hybridized carbons (Fsp3) is 0.611. The molecule has 2 aliphatic rings. The first-order valence-corrected chi connectivity index (χ1v) is 8.19. The molecule has 4 heteroatoms. The molecule has 2 bridgehead atoms. The molecule has 1 aromatic rings. The van der Waals surface area contributed by atoms with Crippen LogP contribution >= 0.6 is 0 Å². The van der Waals surface area contributed by atoms with Gasteiger partial charge in [0.05, 0.1) is 0 Å². The maximum absolute atomic E-state index is 12.2. The van der Waals surface area contributed by atoms with Crippen LogP contribution in [0.1, 0.15) is 38.7 Å². The Morgan fingerprint density at radius 1 is 1.18 bits per heavy atom. The molecule has 2 N–H and O–H groups in total. The Hall–Kier alpha value is -1.55. The Balaban J connectivity index is 1.79. The van der Waals surface area contributed by atoms with E-state index in [1.54, 1.807) is 0 Å². The lowest BCUT2D eigenvalue weighted by Gasteiger charge is -2.28. The standard InChI is InChI=1S/C18H26N2O2/c1-18(2,3)22-17(21)20-16-14-9-13(10-19-11-14)15(16)12-7-5-4-6-8-12/h4-8,13-16,19H,9-11H2,1-3H3,(H,20,21)/t13-,14+,15-,16-/m0/s1. The second-order valence-electron chi connectivity index (χ2n) is 7.52. The van der Waals surface area contributed by atoms with E-state index in [4.69, 9.17) is 4.74 Å². The highest BCUT2D eigenvalue weighted by Gasteiger charge is 2.46. The second kappa shape index (κ2) is 5.92. The Kier molecular flexibility index (Phi) is 4.13. The molecule has 1 saturated heterocycles. The molecule has 1 aliphatic carbocycles. The molecule has 22 heavy (non-hydrogen) atoms. The number of ether oxygens (including phenoxy) is 1. The SMILES string of the molecule is CC(C)(C)OC(=O)N[C@H]1[C@H]2CNC[C@H](C2)[C@@H]1c1ccccc1. The van der Waals surface area contributed by atoms with Crippen molar-refractivity contribution in [2.75, 3.05) is 13.1 Å².